The van der Waals surface area contributed by atoms with Gasteiger partial charge in [-0.05, 0) is 43.0 Å². The van der Waals surface area contributed by atoms with E-state index in [4.69, 9.17) is 9.41 Å². The summed E-state index contributed by atoms with van der Waals surface area (Å²) in [6, 6.07) is 25.8. The molecule has 33 heavy (non-hydrogen) atoms. The Bertz CT molecular complexity index is 939. The molecule has 1 unspecified atom stereocenters. The number of benzene rings is 2. The van der Waals surface area contributed by atoms with Gasteiger partial charge in [0, 0.05) is 38.6 Å². The Balaban J connectivity index is 0.00000306. The third kappa shape index (κ3) is 8.19. The maximum absolute atomic E-state index is 5.46. The molecule has 1 aliphatic heterocycles. The van der Waals surface area contributed by atoms with Crippen LogP contribution in [0.1, 0.15) is 42.7 Å². The normalized spacial score (nSPS) is 16.1. The van der Waals surface area contributed by atoms with E-state index in [0.29, 0.717) is 12.6 Å². The van der Waals surface area contributed by atoms with Gasteiger partial charge in [-0.3, -0.25) is 9.89 Å². The molecule has 5 nitrogen and oxygen atoms in total. The Hall–Kier alpha value is -2.32. The molecule has 1 aliphatic rings. The van der Waals surface area contributed by atoms with Crippen molar-refractivity contribution in [3.8, 4) is 0 Å². The second kappa shape index (κ2) is 13.4. The molecule has 6 heteroatoms. The molecule has 2 aromatic carbocycles. The van der Waals surface area contributed by atoms with Crippen LogP contribution < -0.4 is 10.6 Å². The number of aliphatic imine (C=N–C) groups is 1. The first kappa shape index (κ1) is 25.3. The van der Waals surface area contributed by atoms with Gasteiger partial charge < -0.3 is 15.1 Å². The molecular formula is C27H35IN4O. The smallest absolute Gasteiger partial charge is 0.191 e. The number of nitrogens with zero attached hydrogens (tertiary/aromatic N) is 2. The molecule has 0 amide bonds. The molecule has 3 aromatic rings. The fourth-order valence-electron chi connectivity index (χ4n) is 4.17. The van der Waals surface area contributed by atoms with Crippen LogP contribution in [0.4, 0.5) is 0 Å². The van der Waals surface area contributed by atoms with Gasteiger partial charge in [0.15, 0.2) is 5.96 Å². The second-order valence-corrected chi connectivity index (χ2v) is 8.52. The molecule has 2 heterocycles. The Labute approximate surface area is 214 Å². The summed E-state index contributed by atoms with van der Waals surface area (Å²) >= 11 is 0. The number of rotatable bonds is 8. The van der Waals surface area contributed by atoms with Crippen LogP contribution in [0.25, 0.3) is 0 Å². The summed E-state index contributed by atoms with van der Waals surface area (Å²) in [5.41, 5.74) is 2.64. The van der Waals surface area contributed by atoms with Crippen LogP contribution in [0.5, 0.6) is 0 Å². The minimum Gasteiger partial charge on any atom is -0.469 e. The molecule has 1 aromatic heterocycles. The van der Waals surface area contributed by atoms with E-state index >= 15 is 0 Å². The third-order valence-corrected chi connectivity index (χ3v) is 6.04. The molecule has 0 aliphatic carbocycles. The number of piperidine rings is 1. The van der Waals surface area contributed by atoms with Gasteiger partial charge in [-0.15, -0.1) is 24.0 Å². The van der Waals surface area contributed by atoms with Gasteiger partial charge in [-0.2, -0.15) is 0 Å². The lowest BCUT2D eigenvalue weighted by molar-refractivity contribution is 0.198. The van der Waals surface area contributed by atoms with Crippen LogP contribution in [0, 0.1) is 0 Å². The summed E-state index contributed by atoms with van der Waals surface area (Å²) < 4.78 is 5.46. The van der Waals surface area contributed by atoms with Gasteiger partial charge in [0.1, 0.15) is 5.76 Å². The lowest BCUT2D eigenvalue weighted by Crippen LogP contribution is -2.49. The zero-order valence-electron chi connectivity index (χ0n) is 19.3. The molecule has 0 radical (unpaired) electrons. The molecule has 0 spiro atoms. The standard InChI is InChI=1S/C27H34N4O.HI/c1-22(24-11-6-3-7-12-24)29-27(28-17-14-26-13-8-20-32-26)30-25-15-18-31(19-16-25)21-23-9-4-2-5-10-23;/h2-13,20,22,25H,14-19,21H2,1H3,(H2,28,29,30);1H. The van der Waals surface area contributed by atoms with Crippen LogP contribution in [-0.4, -0.2) is 36.5 Å². The first-order chi connectivity index (χ1) is 15.8. The van der Waals surface area contributed by atoms with E-state index in [1.54, 1.807) is 6.26 Å². The van der Waals surface area contributed by atoms with Crippen molar-refractivity contribution < 1.29 is 4.42 Å². The highest BCUT2D eigenvalue weighted by Gasteiger charge is 2.21. The fraction of sp³-hybridized carbons (Fsp3) is 0.370. The number of nitrogens with one attached hydrogen (secondary N) is 2. The second-order valence-electron chi connectivity index (χ2n) is 8.52. The number of halogens is 1. The molecular weight excluding hydrogens is 523 g/mol. The highest BCUT2D eigenvalue weighted by molar-refractivity contribution is 14.0. The SMILES string of the molecule is CC(NC(=NCCc1ccco1)NC1CCN(Cc2ccccc2)CC1)c1ccccc1.I. The van der Waals surface area contributed by atoms with E-state index in [2.05, 4.69) is 83.1 Å². The zero-order valence-corrected chi connectivity index (χ0v) is 21.7. The number of furan rings is 1. The Kier molecular flexibility index (Phi) is 10.3. The van der Waals surface area contributed by atoms with E-state index < -0.39 is 0 Å². The van der Waals surface area contributed by atoms with E-state index in [1.807, 2.05) is 12.1 Å². The van der Waals surface area contributed by atoms with Gasteiger partial charge in [0.2, 0.25) is 0 Å². The fourth-order valence-corrected chi connectivity index (χ4v) is 4.17. The third-order valence-electron chi connectivity index (χ3n) is 6.04. The number of hydrogen-bond acceptors (Lipinski definition) is 3. The van der Waals surface area contributed by atoms with Crippen molar-refractivity contribution in [2.75, 3.05) is 19.6 Å². The van der Waals surface area contributed by atoms with Crippen LogP contribution in [0.15, 0.2) is 88.5 Å². The minimum absolute atomic E-state index is 0. The summed E-state index contributed by atoms with van der Waals surface area (Å²) in [4.78, 5) is 7.41. The van der Waals surface area contributed by atoms with Crippen molar-refractivity contribution in [3.63, 3.8) is 0 Å². The highest BCUT2D eigenvalue weighted by Crippen LogP contribution is 2.15. The molecule has 1 saturated heterocycles. The number of guanidine groups is 1. The van der Waals surface area contributed by atoms with E-state index in [1.165, 1.54) is 11.1 Å². The average Bonchev–Trinajstić information content (AvgIpc) is 3.35. The molecule has 0 bridgehead atoms. The number of likely N-dealkylation sites (tertiary alicyclic amines) is 1. The largest absolute Gasteiger partial charge is 0.469 e. The maximum Gasteiger partial charge on any atom is 0.191 e. The first-order valence-corrected chi connectivity index (χ1v) is 11.7. The molecule has 0 saturated carbocycles. The highest BCUT2D eigenvalue weighted by atomic mass is 127. The predicted molar refractivity (Wildman–Crippen MR) is 146 cm³/mol. The van der Waals surface area contributed by atoms with Crippen molar-refractivity contribution in [1.82, 2.24) is 15.5 Å². The van der Waals surface area contributed by atoms with Crippen molar-refractivity contribution >= 4 is 29.9 Å². The van der Waals surface area contributed by atoms with Crippen LogP contribution in [-0.2, 0) is 13.0 Å². The van der Waals surface area contributed by atoms with E-state index in [0.717, 1.165) is 50.6 Å². The molecule has 176 valence electrons. The number of hydrogen-bond donors (Lipinski definition) is 2. The summed E-state index contributed by atoms with van der Waals surface area (Å²) in [5.74, 6) is 1.85. The van der Waals surface area contributed by atoms with Gasteiger partial charge in [0.05, 0.1) is 12.3 Å². The van der Waals surface area contributed by atoms with E-state index in [9.17, 15) is 0 Å². The van der Waals surface area contributed by atoms with Crippen molar-refractivity contribution in [3.05, 3.63) is 95.9 Å². The zero-order chi connectivity index (χ0) is 22.0. The van der Waals surface area contributed by atoms with Gasteiger partial charge in [-0.1, -0.05) is 60.7 Å². The summed E-state index contributed by atoms with van der Waals surface area (Å²) in [6.45, 7) is 6.10. The lowest BCUT2D eigenvalue weighted by Gasteiger charge is -2.33. The topological polar surface area (TPSA) is 52.8 Å². The van der Waals surface area contributed by atoms with Gasteiger partial charge >= 0.3 is 0 Å². The molecule has 2 N–H and O–H groups in total. The van der Waals surface area contributed by atoms with Gasteiger partial charge in [0.25, 0.3) is 0 Å². The van der Waals surface area contributed by atoms with Crippen LogP contribution in [0.2, 0.25) is 0 Å². The molecule has 1 fully saturated rings. The maximum atomic E-state index is 5.46. The van der Waals surface area contributed by atoms with Crippen molar-refractivity contribution in [1.29, 1.82) is 0 Å². The van der Waals surface area contributed by atoms with Crippen LogP contribution >= 0.6 is 24.0 Å². The molecule has 4 rings (SSSR count). The summed E-state index contributed by atoms with van der Waals surface area (Å²) in [7, 11) is 0. The minimum atomic E-state index is 0. The first-order valence-electron chi connectivity index (χ1n) is 11.7. The van der Waals surface area contributed by atoms with Crippen molar-refractivity contribution in [2.24, 2.45) is 4.99 Å². The molecule has 1 atom stereocenters. The van der Waals surface area contributed by atoms with Crippen molar-refractivity contribution in [2.45, 2.75) is 44.8 Å². The predicted octanol–water partition coefficient (Wildman–Crippen LogP) is 5.40. The van der Waals surface area contributed by atoms with Gasteiger partial charge in [-0.25, -0.2) is 0 Å². The van der Waals surface area contributed by atoms with Crippen LogP contribution in [0.3, 0.4) is 0 Å². The quantitative estimate of drug-likeness (QED) is 0.221. The monoisotopic (exact) mass is 558 g/mol. The Morgan fingerprint density at radius 2 is 1.70 bits per heavy atom. The summed E-state index contributed by atoms with van der Waals surface area (Å²) in [6.07, 6.45) is 4.75. The Morgan fingerprint density at radius 1 is 1.00 bits per heavy atom. The van der Waals surface area contributed by atoms with E-state index in [-0.39, 0.29) is 30.0 Å². The summed E-state index contributed by atoms with van der Waals surface area (Å²) in [5, 5.41) is 7.31. The average molecular weight is 559 g/mol. The lowest BCUT2D eigenvalue weighted by atomic mass is 10.0. The Morgan fingerprint density at radius 3 is 2.36 bits per heavy atom.